The van der Waals surface area contributed by atoms with Crippen LogP contribution in [-0.2, 0) is 51.1 Å². The third-order valence-electron chi connectivity index (χ3n) is 7.74. The van der Waals surface area contributed by atoms with Crippen LogP contribution in [0.2, 0.25) is 0 Å². The first kappa shape index (κ1) is 37.1. The molecule has 47 heavy (non-hydrogen) atoms. The van der Waals surface area contributed by atoms with Crippen LogP contribution in [0.15, 0.2) is 15.2 Å². The number of hydrogen-bond donors (Lipinski definition) is 1. The van der Waals surface area contributed by atoms with Crippen molar-refractivity contribution in [3.8, 4) is 11.5 Å². The molecule has 0 amide bonds. The van der Waals surface area contributed by atoms with E-state index in [2.05, 4.69) is 15.0 Å². The Hall–Kier alpha value is -4.36. The minimum absolute atomic E-state index is 0.00833. The van der Waals surface area contributed by atoms with Gasteiger partial charge in [0, 0.05) is 25.7 Å². The van der Waals surface area contributed by atoms with Crippen molar-refractivity contribution in [1.29, 1.82) is 0 Å². The lowest BCUT2D eigenvalue weighted by Crippen LogP contribution is -2.50. The van der Waals surface area contributed by atoms with E-state index >= 15 is 0 Å². The normalized spacial score (nSPS) is 16.0. The minimum Gasteiger partial charge on any atom is -0.462 e. The van der Waals surface area contributed by atoms with Gasteiger partial charge in [-0.05, 0) is 51.0 Å². The van der Waals surface area contributed by atoms with Crippen LogP contribution < -0.4 is 11.2 Å². The molecule has 0 aromatic heterocycles. The van der Waals surface area contributed by atoms with Crippen LogP contribution in [0.1, 0.15) is 104 Å². The van der Waals surface area contributed by atoms with Crippen molar-refractivity contribution in [2.45, 2.75) is 124 Å². The topological polar surface area (TPSA) is 186 Å². The third-order valence-corrected chi connectivity index (χ3v) is 7.74. The maximum absolute atomic E-state index is 13.1. The van der Waals surface area contributed by atoms with Gasteiger partial charge in [0.2, 0.25) is 0 Å². The van der Waals surface area contributed by atoms with Crippen LogP contribution in [0.25, 0.3) is 17.6 Å². The molecule has 258 valence electrons. The van der Waals surface area contributed by atoms with Gasteiger partial charge in [-0.3, -0.25) is 29.0 Å². The molecule has 4 unspecified atom stereocenters. The monoisotopic (exact) mass is 658 g/mol. The zero-order chi connectivity index (χ0) is 34.7. The number of ether oxygens (including phenoxy) is 4. The molecule has 2 heterocycles. The first-order valence-corrected chi connectivity index (χ1v) is 16.4. The van der Waals surface area contributed by atoms with Gasteiger partial charge < -0.3 is 23.5 Å². The molecule has 3 rings (SSSR count). The zero-order valence-corrected chi connectivity index (χ0v) is 28.1. The fourth-order valence-electron chi connectivity index (χ4n) is 5.20. The van der Waals surface area contributed by atoms with Crippen molar-refractivity contribution in [3.63, 3.8) is 0 Å². The average Bonchev–Trinajstić information content (AvgIpc) is 2.99. The van der Waals surface area contributed by atoms with E-state index in [0.717, 1.165) is 5.57 Å². The Kier molecular flexibility index (Phi) is 13.8. The molecule has 14 nitrogen and oxygen atoms in total. The summed E-state index contributed by atoms with van der Waals surface area (Å²) < 4.78 is 24.6. The number of fused-ring (bicyclic) bond motifs is 2. The molecule has 3 aliphatic rings. The predicted octanol–water partition coefficient (Wildman–Crippen LogP) is 3.51. The Balaban J connectivity index is 2.25. The molecule has 1 aliphatic carbocycles. The third kappa shape index (κ3) is 10.1. The summed E-state index contributed by atoms with van der Waals surface area (Å²) in [5, 5.41) is 0. The lowest BCUT2D eigenvalue weighted by molar-refractivity contribution is -0.193. The van der Waals surface area contributed by atoms with E-state index in [4.69, 9.17) is 18.9 Å². The van der Waals surface area contributed by atoms with Gasteiger partial charge in [-0.1, -0.05) is 40.2 Å². The molecule has 0 saturated carbocycles. The second kappa shape index (κ2) is 17.5. The molecular weight excluding hydrogens is 612 g/mol. The Morgan fingerprint density at radius 2 is 1.40 bits per heavy atom. The number of esters is 4. The van der Waals surface area contributed by atoms with Crippen molar-refractivity contribution in [2.24, 2.45) is 5.92 Å². The maximum Gasteiger partial charge on any atom is 0.349 e. The lowest BCUT2D eigenvalue weighted by atomic mass is 9.90. The number of carbonyl (C=O) groups excluding carboxylic acids is 4. The van der Waals surface area contributed by atoms with Crippen molar-refractivity contribution in [2.75, 3.05) is 6.61 Å². The molecule has 2 aliphatic heterocycles. The summed E-state index contributed by atoms with van der Waals surface area (Å²) in [4.78, 5) is 87.5. The summed E-state index contributed by atoms with van der Waals surface area (Å²) in [6, 6.07) is 0. The SMILES string of the molecule is CCCC(=O)OCC(OC(=O)CCC)C(OC(=O)CCC)C(Cn1c2nc(=O)[nH]c(=O)c-2nc2c1C=C(C)C(C)C2)OC(=O)CCC. The Bertz CT molecular complexity index is 1540. The molecule has 0 saturated heterocycles. The van der Waals surface area contributed by atoms with E-state index in [1.165, 1.54) is 0 Å². The van der Waals surface area contributed by atoms with Crippen molar-refractivity contribution < 1.29 is 38.1 Å². The highest BCUT2D eigenvalue weighted by atomic mass is 16.6. The van der Waals surface area contributed by atoms with Gasteiger partial charge in [-0.25, -0.2) is 9.78 Å². The molecule has 4 atom stereocenters. The Labute approximate surface area is 273 Å². The number of H-pyrrole nitrogens is 1. The number of carbonyl (C=O) groups is 4. The lowest BCUT2D eigenvalue weighted by Gasteiger charge is -2.34. The predicted molar refractivity (Wildman–Crippen MR) is 170 cm³/mol. The van der Waals surface area contributed by atoms with Crippen LogP contribution in [0, 0.1) is 5.92 Å². The van der Waals surface area contributed by atoms with E-state index in [1.807, 2.05) is 19.9 Å². The van der Waals surface area contributed by atoms with E-state index in [0.29, 0.717) is 43.5 Å². The molecule has 14 heteroatoms. The maximum atomic E-state index is 13.1. The summed E-state index contributed by atoms with van der Waals surface area (Å²) in [6.45, 7) is 10.4. The fourth-order valence-corrected chi connectivity index (χ4v) is 5.20. The number of nitrogens with zero attached hydrogens (tertiary/aromatic N) is 3. The van der Waals surface area contributed by atoms with Crippen molar-refractivity contribution >= 4 is 30.0 Å². The summed E-state index contributed by atoms with van der Waals surface area (Å²) in [6.07, 6.45) is 0.234. The minimum atomic E-state index is -1.45. The van der Waals surface area contributed by atoms with E-state index in [9.17, 15) is 28.8 Å². The number of allylic oxidation sites excluding steroid dienone is 1. The number of rotatable bonds is 17. The summed E-state index contributed by atoms with van der Waals surface area (Å²) in [5.74, 6) is -2.42. The van der Waals surface area contributed by atoms with Gasteiger partial charge in [0.25, 0.3) is 5.56 Å². The Morgan fingerprint density at radius 3 is 2.00 bits per heavy atom. The smallest absolute Gasteiger partial charge is 0.349 e. The van der Waals surface area contributed by atoms with Gasteiger partial charge in [0.15, 0.2) is 29.8 Å². The van der Waals surface area contributed by atoms with Gasteiger partial charge in [0.05, 0.1) is 17.9 Å². The molecule has 0 bridgehead atoms. The first-order chi connectivity index (χ1) is 22.4. The van der Waals surface area contributed by atoms with E-state index in [-0.39, 0.29) is 49.7 Å². The second-order valence-electron chi connectivity index (χ2n) is 11.8. The molecule has 0 aromatic carbocycles. The van der Waals surface area contributed by atoms with Gasteiger partial charge >= 0.3 is 29.6 Å². The van der Waals surface area contributed by atoms with Crippen LogP contribution in [0.3, 0.4) is 0 Å². The van der Waals surface area contributed by atoms with Crippen LogP contribution in [0.5, 0.6) is 0 Å². The van der Waals surface area contributed by atoms with Crippen LogP contribution in [-0.4, -0.2) is 68.3 Å². The molecule has 1 N–H and O–H groups in total. The highest BCUT2D eigenvalue weighted by molar-refractivity contribution is 5.72. The highest BCUT2D eigenvalue weighted by Gasteiger charge is 2.40. The quantitative estimate of drug-likeness (QED) is 0.193. The fraction of sp³-hybridized carbons (Fsp3) is 0.636. The van der Waals surface area contributed by atoms with E-state index in [1.54, 1.807) is 32.3 Å². The number of aromatic amines is 1. The summed E-state index contributed by atoms with van der Waals surface area (Å²) >= 11 is 0. The molecular formula is C33H46N4O10. The highest BCUT2D eigenvalue weighted by Crippen LogP contribution is 2.31. The van der Waals surface area contributed by atoms with Crippen molar-refractivity contribution in [1.82, 2.24) is 19.5 Å². The van der Waals surface area contributed by atoms with E-state index < -0.39 is 60.0 Å². The number of aromatic nitrogens is 4. The second-order valence-corrected chi connectivity index (χ2v) is 11.8. The van der Waals surface area contributed by atoms with Gasteiger partial charge in [0.1, 0.15) is 6.61 Å². The summed E-state index contributed by atoms with van der Waals surface area (Å²) in [5.41, 5.74) is 0.340. The standard InChI is InChI=1S/C33H46N4O10/c1-7-11-25(38)44-18-24(46-27(40)13-9-3)30(47-28(41)14-10-4)23(45-26(39)12-8-2)17-37-22-16-20(6)19(5)15-21(22)34-29-31(37)35-33(43)36-32(29)42/h16,19,23-24,30H,7-15,17-18H2,1-6H3,(H,36,42,43). The molecule has 0 radical (unpaired) electrons. The molecule has 0 fully saturated rings. The van der Waals surface area contributed by atoms with Gasteiger partial charge in [-0.15, -0.1) is 0 Å². The number of hydrogen-bond acceptors (Lipinski definition) is 12. The molecule has 0 aromatic rings. The van der Waals surface area contributed by atoms with Crippen LogP contribution >= 0.6 is 0 Å². The largest absolute Gasteiger partial charge is 0.462 e. The Morgan fingerprint density at radius 1 is 0.851 bits per heavy atom. The summed E-state index contributed by atoms with van der Waals surface area (Å²) in [7, 11) is 0. The first-order valence-electron chi connectivity index (χ1n) is 16.4. The average molecular weight is 659 g/mol. The number of nitrogens with one attached hydrogen (secondary N) is 1. The zero-order valence-electron chi connectivity index (χ0n) is 28.1. The molecule has 0 spiro atoms. The van der Waals surface area contributed by atoms with Crippen LogP contribution in [0.4, 0.5) is 0 Å². The van der Waals surface area contributed by atoms with Gasteiger partial charge in [-0.2, -0.15) is 4.98 Å². The van der Waals surface area contributed by atoms with Crippen molar-refractivity contribution in [3.05, 3.63) is 37.8 Å².